The van der Waals surface area contributed by atoms with Gasteiger partial charge in [0.05, 0.1) is 24.9 Å². The Hall–Kier alpha value is -2.74. The fourth-order valence-corrected chi connectivity index (χ4v) is 3.21. The fourth-order valence-electron chi connectivity index (χ4n) is 2.48. The van der Waals surface area contributed by atoms with Crippen LogP contribution in [-0.2, 0) is 11.3 Å². The molecule has 130 valence electrons. The summed E-state index contributed by atoms with van der Waals surface area (Å²) in [7, 11) is 1.39. The van der Waals surface area contributed by atoms with Crippen molar-refractivity contribution in [2.45, 2.75) is 19.5 Å². The van der Waals surface area contributed by atoms with Crippen LogP contribution >= 0.6 is 11.3 Å². The molecule has 1 amide bonds. The molecule has 2 aromatic heterocycles. The molecule has 0 radical (unpaired) electrons. The lowest BCUT2D eigenvalue weighted by Gasteiger charge is -2.15. The number of hydrogen-bond acceptors (Lipinski definition) is 5. The van der Waals surface area contributed by atoms with Crippen molar-refractivity contribution < 1.29 is 13.9 Å². The van der Waals surface area contributed by atoms with Crippen LogP contribution in [-0.4, -0.2) is 22.6 Å². The Morgan fingerprint density at radius 1 is 1.44 bits per heavy atom. The molecular weight excluding hydrogens is 345 g/mol. The Morgan fingerprint density at radius 3 is 2.96 bits per heavy atom. The third kappa shape index (κ3) is 3.53. The maximum Gasteiger partial charge on any atom is 0.262 e. The second-order valence-electron chi connectivity index (χ2n) is 5.50. The molecule has 25 heavy (non-hydrogen) atoms. The Balaban J connectivity index is 1.72. The maximum atomic E-state index is 13.8. The van der Waals surface area contributed by atoms with E-state index in [1.807, 2.05) is 0 Å². The molecule has 0 saturated carbocycles. The van der Waals surface area contributed by atoms with Gasteiger partial charge in [-0.15, -0.1) is 11.3 Å². The first kappa shape index (κ1) is 17.1. The molecule has 1 aromatic carbocycles. The standard InChI is InChI=1S/C17H16FN3O3S/c1-10(11-3-4-14(24-2)13(18)7-11)20-15(22)8-21-9-19-16-12(17(21)23)5-6-25-16/h3-7,9-10H,8H2,1-2H3,(H,20,22). The highest BCUT2D eigenvalue weighted by Crippen LogP contribution is 2.21. The van der Waals surface area contributed by atoms with Gasteiger partial charge in [-0.25, -0.2) is 9.37 Å². The van der Waals surface area contributed by atoms with Crippen LogP contribution in [0.25, 0.3) is 10.2 Å². The zero-order valence-corrected chi connectivity index (χ0v) is 14.5. The zero-order valence-electron chi connectivity index (χ0n) is 13.7. The van der Waals surface area contributed by atoms with E-state index in [2.05, 4.69) is 10.3 Å². The summed E-state index contributed by atoms with van der Waals surface area (Å²) in [5.41, 5.74) is 0.343. The van der Waals surface area contributed by atoms with Crippen LogP contribution in [0.3, 0.4) is 0 Å². The van der Waals surface area contributed by atoms with E-state index < -0.39 is 11.9 Å². The summed E-state index contributed by atoms with van der Waals surface area (Å²) in [6, 6.07) is 5.77. The molecule has 1 atom stereocenters. The second kappa shape index (κ2) is 7.02. The first-order valence-corrected chi connectivity index (χ1v) is 8.43. The highest BCUT2D eigenvalue weighted by atomic mass is 32.1. The molecule has 1 unspecified atom stereocenters. The van der Waals surface area contributed by atoms with Gasteiger partial charge in [0, 0.05) is 0 Å². The zero-order chi connectivity index (χ0) is 18.0. The van der Waals surface area contributed by atoms with Crippen molar-refractivity contribution in [3.63, 3.8) is 0 Å². The number of rotatable bonds is 5. The summed E-state index contributed by atoms with van der Waals surface area (Å²) in [5.74, 6) is -0.712. The fraction of sp³-hybridized carbons (Fsp3) is 0.235. The first-order valence-electron chi connectivity index (χ1n) is 7.55. The number of aromatic nitrogens is 2. The minimum Gasteiger partial charge on any atom is -0.494 e. The van der Waals surface area contributed by atoms with Gasteiger partial charge in [-0.3, -0.25) is 14.2 Å². The van der Waals surface area contributed by atoms with E-state index >= 15 is 0 Å². The van der Waals surface area contributed by atoms with E-state index in [0.717, 1.165) is 0 Å². The highest BCUT2D eigenvalue weighted by molar-refractivity contribution is 7.16. The van der Waals surface area contributed by atoms with Crippen LogP contribution in [0, 0.1) is 5.82 Å². The lowest BCUT2D eigenvalue weighted by atomic mass is 10.1. The summed E-state index contributed by atoms with van der Waals surface area (Å²) >= 11 is 1.37. The molecule has 0 aliphatic heterocycles. The van der Waals surface area contributed by atoms with Crippen LogP contribution in [0.15, 0.2) is 40.8 Å². The van der Waals surface area contributed by atoms with Crippen LogP contribution < -0.4 is 15.6 Å². The molecule has 8 heteroatoms. The summed E-state index contributed by atoms with van der Waals surface area (Å²) in [5, 5.41) is 5.02. The van der Waals surface area contributed by atoms with Crippen molar-refractivity contribution in [3.05, 3.63) is 57.7 Å². The number of thiophene rings is 1. The monoisotopic (exact) mass is 361 g/mol. The van der Waals surface area contributed by atoms with E-state index in [0.29, 0.717) is 15.8 Å². The van der Waals surface area contributed by atoms with E-state index in [1.54, 1.807) is 24.4 Å². The molecule has 6 nitrogen and oxygen atoms in total. The number of amides is 1. The SMILES string of the molecule is COc1ccc(C(C)NC(=O)Cn2cnc3sccc3c2=O)cc1F. The van der Waals surface area contributed by atoms with Gasteiger partial charge in [0.25, 0.3) is 5.56 Å². The first-order chi connectivity index (χ1) is 12.0. The molecule has 2 heterocycles. The van der Waals surface area contributed by atoms with Gasteiger partial charge in [-0.2, -0.15) is 0 Å². The number of ether oxygens (including phenoxy) is 1. The number of fused-ring (bicyclic) bond motifs is 1. The van der Waals surface area contributed by atoms with Gasteiger partial charge >= 0.3 is 0 Å². The number of halogens is 1. The molecular formula is C17H16FN3O3S. The third-order valence-corrected chi connectivity index (χ3v) is 4.64. The normalized spacial score (nSPS) is 12.1. The summed E-state index contributed by atoms with van der Waals surface area (Å²) in [6.45, 7) is 1.59. The third-order valence-electron chi connectivity index (χ3n) is 3.82. The minimum absolute atomic E-state index is 0.143. The number of hydrogen-bond donors (Lipinski definition) is 1. The molecule has 0 fully saturated rings. The summed E-state index contributed by atoms with van der Waals surface area (Å²) in [6.07, 6.45) is 1.36. The van der Waals surface area contributed by atoms with E-state index in [1.165, 1.54) is 41.5 Å². The van der Waals surface area contributed by atoms with Crippen molar-refractivity contribution in [3.8, 4) is 5.75 Å². The molecule has 3 rings (SSSR count). The lowest BCUT2D eigenvalue weighted by molar-refractivity contribution is -0.122. The van der Waals surface area contributed by atoms with Gasteiger partial charge in [0.2, 0.25) is 5.91 Å². The number of nitrogens with zero attached hydrogens (tertiary/aromatic N) is 2. The topological polar surface area (TPSA) is 73.2 Å². The predicted molar refractivity (Wildman–Crippen MR) is 93.4 cm³/mol. The molecule has 0 bridgehead atoms. The van der Waals surface area contributed by atoms with E-state index in [-0.39, 0.29) is 23.8 Å². The highest BCUT2D eigenvalue weighted by Gasteiger charge is 2.14. The molecule has 1 N–H and O–H groups in total. The van der Waals surface area contributed by atoms with Gasteiger partial charge in [-0.1, -0.05) is 6.07 Å². The molecule has 0 aliphatic carbocycles. The number of carbonyl (C=O) groups is 1. The van der Waals surface area contributed by atoms with Crippen LogP contribution in [0.1, 0.15) is 18.5 Å². The lowest BCUT2D eigenvalue weighted by Crippen LogP contribution is -2.33. The number of nitrogens with one attached hydrogen (secondary N) is 1. The largest absolute Gasteiger partial charge is 0.494 e. The summed E-state index contributed by atoms with van der Waals surface area (Å²) < 4.78 is 19.9. The molecule has 0 spiro atoms. The van der Waals surface area contributed by atoms with Crippen molar-refractivity contribution in [2.24, 2.45) is 0 Å². The van der Waals surface area contributed by atoms with Gasteiger partial charge < -0.3 is 10.1 Å². The maximum absolute atomic E-state index is 13.8. The van der Waals surface area contributed by atoms with Gasteiger partial charge in [0.1, 0.15) is 11.4 Å². The Kier molecular flexibility index (Phi) is 4.80. The quantitative estimate of drug-likeness (QED) is 0.758. The Morgan fingerprint density at radius 2 is 2.24 bits per heavy atom. The number of benzene rings is 1. The molecule has 0 aliphatic rings. The number of carbonyl (C=O) groups excluding carboxylic acids is 1. The van der Waals surface area contributed by atoms with Crippen molar-refractivity contribution in [1.29, 1.82) is 0 Å². The van der Waals surface area contributed by atoms with Crippen molar-refractivity contribution in [1.82, 2.24) is 14.9 Å². The Bertz CT molecular complexity index is 983. The smallest absolute Gasteiger partial charge is 0.262 e. The van der Waals surface area contributed by atoms with Crippen molar-refractivity contribution >= 4 is 27.5 Å². The average molecular weight is 361 g/mol. The minimum atomic E-state index is -0.496. The van der Waals surface area contributed by atoms with Crippen LogP contribution in [0.4, 0.5) is 4.39 Å². The van der Waals surface area contributed by atoms with E-state index in [4.69, 9.17) is 4.74 Å². The van der Waals surface area contributed by atoms with Gasteiger partial charge in [-0.05, 0) is 36.1 Å². The van der Waals surface area contributed by atoms with Gasteiger partial charge in [0.15, 0.2) is 11.6 Å². The van der Waals surface area contributed by atoms with Crippen LogP contribution in [0.5, 0.6) is 5.75 Å². The predicted octanol–water partition coefficient (Wildman–Crippen LogP) is 2.48. The van der Waals surface area contributed by atoms with E-state index in [9.17, 15) is 14.0 Å². The summed E-state index contributed by atoms with van der Waals surface area (Å²) in [4.78, 5) is 29.3. The van der Waals surface area contributed by atoms with Crippen molar-refractivity contribution in [2.75, 3.05) is 7.11 Å². The average Bonchev–Trinajstić information content (AvgIpc) is 3.06. The number of methoxy groups -OCH3 is 1. The van der Waals surface area contributed by atoms with Crippen LogP contribution in [0.2, 0.25) is 0 Å². The Labute approximate surface area is 146 Å². The molecule has 3 aromatic rings. The second-order valence-corrected chi connectivity index (χ2v) is 6.39. The molecule has 0 saturated heterocycles.